The molecule has 0 aromatic heterocycles. The van der Waals surface area contributed by atoms with E-state index in [2.05, 4.69) is 25.7 Å². The molecule has 0 aliphatic carbocycles. The van der Waals surface area contributed by atoms with E-state index in [1.165, 1.54) is 115 Å². The fourth-order valence-electron chi connectivity index (χ4n) is 4.41. The highest BCUT2D eigenvalue weighted by Crippen LogP contribution is 2.18. The molecule has 0 radical (unpaired) electrons. The van der Waals surface area contributed by atoms with Crippen molar-refractivity contribution >= 4 is 11.9 Å². The monoisotopic (exact) mass is 492 g/mol. The van der Waals surface area contributed by atoms with Crippen LogP contribution < -0.4 is 0 Å². The van der Waals surface area contributed by atoms with Gasteiger partial charge >= 0.3 is 11.9 Å². The minimum Gasteiger partial charge on any atom is -0.481 e. The first-order valence-corrected chi connectivity index (χ1v) is 14.8. The lowest BCUT2D eigenvalue weighted by molar-refractivity contribution is -0.151. The van der Waals surface area contributed by atoms with Gasteiger partial charge < -0.3 is 9.84 Å². The Bertz CT molecular complexity index is 526. The van der Waals surface area contributed by atoms with Crippen molar-refractivity contribution in [3.63, 3.8) is 0 Å². The van der Waals surface area contributed by atoms with Crippen molar-refractivity contribution in [2.24, 2.45) is 5.92 Å². The molecule has 1 unspecified atom stereocenters. The summed E-state index contributed by atoms with van der Waals surface area (Å²) >= 11 is 0. The molecule has 1 atom stereocenters. The summed E-state index contributed by atoms with van der Waals surface area (Å²) in [5.41, 5.74) is 0. The third kappa shape index (κ3) is 25.3. The molecule has 1 N–H and O–H groups in total. The Morgan fingerprint density at radius 1 is 0.714 bits per heavy atom. The first kappa shape index (κ1) is 33.4. The topological polar surface area (TPSA) is 63.6 Å². The van der Waals surface area contributed by atoms with Crippen LogP contribution in [0.3, 0.4) is 0 Å². The van der Waals surface area contributed by atoms with Crippen molar-refractivity contribution in [3.8, 4) is 0 Å². The molecule has 0 spiro atoms. The quantitative estimate of drug-likeness (QED) is 0.0704. The van der Waals surface area contributed by atoms with E-state index in [9.17, 15) is 14.7 Å². The van der Waals surface area contributed by atoms with Crippen LogP contribution in [0.5, 0.6) is 0 Å². The van der Waals surface area contributed by atoms with Gasteiger partial charge in [-0.15, -0.1) is 0 Å². The van der Waals surface area contributed by atoms with Crippen LogP contribution in [0.4, 0.5) is 0 Å². The van der Waals surface area contributed by atoms with Crippen LogP contribution in [-0.4, -0.2) is 23.7 Å². The lowest BCUT2D eigenvalue weighted by atomic mass is 9.97. The van der Waals surface area contributed by atoms with Crippen LogP contribution in [-0.2, 0) is 14.3 Å². The molecule has 35 heavy (non-hydrogen) atoms. The third-order valence-electron chi connectivity index (χ3n) is 6.69. The number of rotatable bonds is 27. The number of ether oxygens (including phenoxy) is 1. The van der Waals surface area contributed by atoms with E-state index in [0.29, 0.717) is 6.42 Å². The van der Waals surface area contributed by atoms with Gasteiger partial charge in [-0.2, -0.15) is 0 Å². The Balaban J connectivity index is 3.35. The van der Waals surface area contributed by atoms with Crippen LogP contribution in [0, 0.1) is 5.92 Å². The number of unbranched alkanes of at least 4 members (excludes halogenated alkanes) is 18. The Labute approximate surface area is 217 Å². The Kier molecular flexibility index (Phi) is 25.8. The zero-order valence-corrected chi connectivity index (χ0v) is 23.0. The van der Waals surface area contributed by atoms with E-state index in [1.54, 1.807) is 0 Å². The van der Waals surface area contributed by atoms with Gasteiger partial charge in [-0.05, 0) is 25.7 Å². The molecule has 0 rings (SSSR count). The van der Waals surface area contributed by atoms with E-state index in [-0.39, 0.29) is 13.0 Å². The summed E-state index contributed by atoms with van der Waals surface area (Å²) in [6, 6.07) is 0. The van der Waals surface area contributed by atoms with Crippen molar-refractivity contribution in [1.82, 2.24) is 0 Å². The van der Waals surface area contributed by atoms with Gasteiger partial charge in [0, 0.05) is 0 Å². The second kappa shape index (κ2) is 27.0. The number of carboxylic acids is 1. The molecule has 204 valence electrons. The van der Waals surface area contributed by atoms with E-state index in [1.807, 2.05) is 0 Å². The van der Waals surface area contributed by atoms with Crippen LogP contribution in [0.15, 0.2) is 24.8 Å². The average molecular weight is 493 g/mol. The molecule has 0 aromatic rings. The van der Waals surface area contributed by atoms with E-state index >= 15 is 0 Å². The molecule has 4 heteroatoms. The number of aliphatic carboxylic acids is 1. The predicted molar refractivity (Wildman–Crippen MR) is 149 cm³/mol. The minimum atomic E-state index is -0.901. The van der Waals surface area contributed by atoms with Gasteiger partial charge in [-0.25, -0.2) is 0 Å². The lowest BCUT2D eigenvalue weighted by Gasteiger charge is -2.11. The van der Waals surface area contributed by atoms with Crippen LogP contribution in [0.2, 0.25) is 0 Å². The summed E-state index contributed by atoms with van der Waals surface area (Å²) < 4.78 is 4.90. The molecule has 0 aromatic carbocycles. The van der Waals surface area contributed by atoms with Gasteiger partial charge in [0.15, 0.2) is 0 Å². The summed E-state index contributed by atoms with van der Waals surface area (Å²) in [6.45, 7) is 5.88. The molecule has 0 aliphatic rings. The first-order valence-electron chi connectivity index (χ1n) is 14.8. The third-order valence-corrected chi connectivity index (χ3v) is 6.69. The first-order chi connectivity index (χ1) is 17.1. The number of hydrogen-bond donors (Lipinski definition) is 1. The minimum absolute atomic E-state index is 0.0414. The highest BCUT2D eigenvalue weighted by Gasteiger charge is 2.21. The zero-order chi connectivity index (χ0) is 25.8. The van der Waals surface area contributed by atoms with Gasteiger partial charge in [0.25, 0.3) is 0 Å². The second-order valence-corrected chi connectivity index (χ2v) is 10.1. The maximum Gasteiger partial charge on any atom is 0.307 e. The summed E-state index contributed by atoms with van der Waals surface area (Å²) in [7, 11) is 0. The van der Waals surface area contributed by atoms with Gasteiger partial charge in [0.2, 0.25) is 0 Å². The van der Waals surface area contributed by atoms with Gasteiger partial charge in [-0.3, -0.25) is 9.59 Å². The van der Waals surface area contributed by atoms with E-state index < -0.39 is 17.9 Å². The maximum absolute atomic E-state index is 11.6. The predicted octanol–water partition coefficient (Wildman–Crippen LogP) is 9.57. The normalized spacial score (nSPS) is 12.1. The Morgan fingerprint density at radius 2 is 1.14 bits per heavy atom. The molecular formula is C31H56O4. The zero-order valence-electron chi connectivity index (χ0n) is 23.0. The molecule has 0 fully saturated rings. The average Bonchev–Trinajstić information content (AvgIpc) is 2.84. The standard InChI is InChI=1S/C31H56O4/c1-3-5-6-7-8-9-10-11-12-13-14-15-16-17-18-19-20-21-22-23-24-25-26-29(31(33)34)28-30(32)35-27-4-2/h4,7-8,29H,2-3,5-6,9-28H2,1H3,(H,33,34)/b8-7+. The molecule has 4 nitrogen and oxygen atoms in total. The van der Waals surface area contributed by atoms with Crippen molar-refractivity contribution in [2.45, 2.75) is 148 Å². The van der Waals surface area contributed by atoms with Crippen molar-refractivity contribution in [1.29, 1.82) is 0 Å². The van der Waals surface area contributed by atoms with Crippen LogP contribution >= 0.6 is 0 Å². The fraction of sp³-hybridized carbons (Fsp3) is 0.806. The lowest BCUT2D eigenvalue weighted by Crippen LogP contribution is -2.19. The summed E-state index contributed by atoms with van der Waals surface area (Å²) in [6.07, 6.45) is 32.6. The second-order valence-electron chi connectivity index (χ2n) is 10.1. The molecule has 0 heterocycles. The smallest absolute Gasteiger partial charge is 0.307 e. The molecular weight excluding hydrogens is 436 g/mol. The number of allylic oxidation sites excluding steroid dienone is 2. The number of carboxylic acid groups (broad SMARTS) is 1. The van der Waals surface area contributed by atoms with Crippen LogP contribution in [0.25, 0.3) is 0 Å². The summed E-state index contributed by atoms with van der Waals surface area (Å²) in [5.74, 6) is -1.98. The molecule has 0 aliphatic heterocycles. The molecule has 0 saturated carbocycles. The van der Waals surface area contributed by atoms with Crippen molar-refractivity contribution in [2.75, 3.05) is 6.61 Å². The number of carbonyl (C=O) groups is 2. The Morgan fingerprint density at radius 3 is 1.57 bits per heavy atom. The van der Waals surface area contributed by atoms with Gasteiger partial charge in [-0.1, -0.05) is 141 Å². The number of esters is 1. The summed E-state index contributed by atoms with van der Waals surface area (Å²) in [5, 5.41) is 9.29. The summed E-state index contributed by atoms with van der Waals surface area (Å²) in [4.78, 5) is 22.9. The largest absolute Gasteiger partial charge is 0.481 e. The molecule has 0 saturated heterocycles. The molecule has 0 bridgehead atoms. The fourth-order valence-corrected chi connectivity index (χ4v) is 4.41. The number of carbonyl (C=O) groups excluding carboxylic acids is 1. The van der Waals surface area contributed by atoms with Crippen LogP contribution in [0.1, 0.15) is 148 Å². The Hall–Kier alpha value is -1.58. The van der Waals surface area contributed by atoms with Gasteiger partial charge in [0.05, 0.1) is 12.3 Å². The highest BCUT2D eigenvalue weighted by molar-refractivity contribution is 5.78. The van der Waals surface area contributed by atoms with Gasteiger partial charge in [0.1, 0.15) is 6.61 Å². The number of hydrogen-bond acceptors (Lipinski definition) is 3. The van der Waals surface area contributed by atoms with Crippen molar-refractivity contribution < 1.29 is 19.4 Å². The molecule has 0 amide bonds. The van der Waals surface area contributed by atoms with E-state index in [4.69, 9.17) is 4.74 Å². The van der Waals surface area contributed by atoms with Crippen molar-refractivity contribution in [3.05, 3.63) is 24.8 Å². The SMILES string of the molecule is C=CCOC(=O)CC(CCCCCCCCCCCCCCCCCC/C=C/CCCC)C(=O)O. The van der Waals surface area contributed by atoms with E-state index in [0.717, 1.165) is 19.3 Å². The highest BCUT2D eigenvalue weighted by atomic mass is 16.5. The maximum atomic E-state index is 11.6.